The smallest absolute Gasteiger partial charge is 0.331 e. The first-order valence-corrected chi connectivity index (χ1v) is 11.7. The van der Waals surface area contributed by atoms with E-state index in [1.807, 2.05) is 24.3 Å². The van der Waals surface area contributed by atoms with Gasteiger partial charge in [0.25, 0.3) is 0 Å². The predicted molar refractivity (Wildman–Crippen MR) is 124 cm³/mol. The van der Waals surface area contributed by atoms with E-state index in [0.717, 1.165) is 36.9 Å². The zero-order chi connectivity index (χ0) is 22.9. The molecule has 0 amide bonds. The molecule has 0 saturated heterocycles. The van der Waals surface area contributed by atoms with E-state index in [0.29, 0.717) is 23.8 Å². The lowest BCUT2D eigenvalue weighted by atomic mass is 9.59. The van der Waals surface area contributed by atoms with Crippen molar-refractivity contribution < 1.29 is 19.0 Å². The largest absolute Gasteiger partial charge is 0.467 e. The van der Waals surface area contributed by atoms with Crippen molar-refractivity contribution in [1.29, 1.82) is 0 Å². The van der Waals surface area contributed by atoms with Gasteiger partial charge >= 0.3 is 5.97 Å². The van der Waals surface area contributed by atoms with Gasteiger partial charge in [0.1, 0.15) is 11.4 Å². The van der Waals surface area contributed by atoms with Gasteiger partial charge < -0.3 is 15.2 Å². The van der Waals surface area contributed by atoms with E-state index in [1.165, 1.54) is 12.7 Å². The van der Waals surface area contributed by atoms with E-state index in [9.17, 15) is 14.3 Å². The highest BCUT2D eigenvalue weighted by Crippen LogP contribution is 2.56. The second-order valence-corrected chi connectivity index (χ2v) is 10.0. The van der Waals surface area contributed by atoms with Crippen LogP contribution in [0.5, 0.6) is 0 Å². The standard InChI is InChI=1S/C26H31ClFNO3/c1-17(16-30)12-19-13-18-14-21(28)6-7-23(18)25(19)8-10-26(11-9-25,24(31)32-2)29-22-5-3-4-20(27)15-22/h3-7,14-15,17,19,29-30H,8-13,16H2,1-2H3/t17-,19+,25?,26?/m1/s1. The highest BCUT2D eigenvalue weighted by Gasteiger charge is 2.54. The quantitative estimate of drug-likeness (QED) is 0.559. The van der Waals surface area contributed by atoms with Gasteiger partial charge in [0.05, 0.1) is 7.11 Å². The van der Waals surface area contributed by atoms with Crippen LogP contribution in [0.2, 0.25) is 5.02 Å². The van der Waals surface area contributed by atoms with Crippen LogP contribution in [0.3, 0.4) is 0 Å². The van der Waals surface area contributed by atoms with Crippen LogP contribution in [0.25, 0.3) is 0 Å². The first kappa shape index (κ1) is 23.1. The Morgan fingerprint density at radius 2 is 2.00 bits per heavy atom. The van der Waals surface area contributed by atoms with Gasteiger partial charge in [-0.05, 0) is 97.2 Å². The Hall–Kier alpha value is -2.11. The Labute approximate surface area is 194 Å². The monoisotopic (exact) mass is 459 g/mol. The fourth-order valence-corrected chi connectivity index (χ4v) is 6.18. The van der Waals surface area contributed by atoms with Crippen LogP contribution in [0.15, 0.2) is 42.5 Å². The van der Waals surface area contributed by atoms with Crippen LogP contribution in [-0.4, -0.2) is 30.3 Å². The number of rotatable bonds is 6. The molecule has 0 aliphatic heterocycles. The zero-order valence-corrected chi connectivity index (χ0v) is 19.4. The third-order valence-electron chi connectivity index (χ3n) is 7.63. The highest BCUT2D eigenvalue weighted by molar-refractivity contribution is 6.30. The van der Waals surface area contributed by atoms with Gasteiger partial charge in [0.2, 0.25) is 0 Å². The van der Waals surface area contributed by atoms with Crippen LogP contribution in [0, 0.1) is 17.7 Å². The second kappa shape index (κ2) is 9.03. The SMILES string of the molecule is COC(=O)C1(Nc2cccc(Cl)c2)CCC2(CC1)c1ccc(F)cc1C[C@@H]2C[C@@H](C)CO. The number of ether oxygens (including phenoxy) is 1. The Bertz CT molecular complexity index is 987. The molecule has 0 heterocycles. The number of anilines is 1. The van der Waals surface area contributed by atoms with Crippen LogP contribution >= 0.6 is 11.6 Å². The van der Waals surface area contributed by atoms with E-state index < -0.39 is 5.54 Å². The summed E-state index contributed by atoms with van der Waals surface area (Å²) in [7, 11) is 1.42. The van der Waals surface area contributed by atoms with Crippen molar-refractivity contribution in [3.05, 3.63) is 64.4 Å². The summed E-state index contributed by atoms with van der Waals surface area (Å²) < 4.78 is 19.2. The number of nitrogens with one attached hydrogen (secondary N) is 1. The van der Waals surface area contributed by atoms with Crippen LogP contribution in [0.1, 0.15) is 50.2 Å². The Balaban J connectivity index is 1.66. The summed E-state index contributed by atoms with van der Waals surface area (Å²) in [5.74, 6) is -0.00166. The van der Waals surface area contributed by atoms with Crippen molar-refractivity contribution in [2.24, 2.45) is 11.8 Å². The predicted octanol–water partition coefficient (Wildman–Crippen LogP) is 5.51. The van der Waals surface area contributed by atoms with Gasteiger partial charge in [-0.1, -0.05) is 30.7 Å². The van der Waals surface area contributed by atoms with Crippen LogP contribution in [0.4, 0.5) is 10.1 Å². The average Bonchev–Trinajstić information content (AvgIpc) is 3.06. The molecular weight excluding hydrogens is 429 g/mol. The van der Waals surface area contributed by atoms with Gasteiger partial charge in [-0.15, -0.1) is 0 Å². The maximum absolute atomic E-state index is 14.0. The fraction of sp³-hybridized carbons (Fsp3) is 0.500. The minimum Gasteiger partial charge on any atom is -0.467 e. The molecule has 4 rings (SSSR count). The molecule has 2 aromatic carbocycles. The highest BCUT2D eigenvalue weighted by atomic mass is 35.5. The van der Waals surface area contributed by atoms with Crippen molar-refractivity contribution in [3.63, 3.8) is 0 Å². The molecule has 0 bridgehead atoms. The summed E-state index contributed by atoms with van der Waals surface area (Å²) >= 11 is 6.16. The first-order valence-electron chi connectivity index (χ1n) is 11.3. The molecule has 4 nitrogen and oxygen atoms in total. The molecule has 2 N–H and O–H groups in total. The molecule has 1 fully saturated rings. The van der Waals surface area contributed by atoms with Gasteiger partial charge in [-0.3, -0.25) is 0 Å². The third kappa shape index (κ3) is 4.13. The summed E-state index contributed by atoms with van der Waals surface area (Å²) in [6.07, 6.45) is 4.47. The van der Waals surface area contributed by atoms with Crippen molar-refractivity contribution in [2.45, 2.75) is 56.4 Å². The van der Waals surface area contributed by atoms with E-state index in [1.54, 1.807) is 18.2 Å². The topological polar surface area (TPSA) is 58.6 Å². The molecule has 2 aromatic rings. The summed E-state index contributed by atoms with van der Waals surface area (Å²) in [5.41, 5.74) is 2.10. The minimum atomic E-state index is -0.833. The van der Waals surface area contributed by atoms with Crippen molar-refractivity contribution in [1.82, 2.24) is 0 Å². The van der Waals surface area contributed by atoms with Gasteiger partial charge in [0.15, 0.2) is 0 Å². The molecule has 0 radical (unpaired) electrons. The number of esters is 1. The number of methoxy groups -OCH3 is 1. The lowest BCUT2D eigenvalue weighted by Gasteiger charge is -2.47. The minimum absolute atomic E-state index is 0.125. The molecule has 0 aromatic heterocycles. The number of halogens is 2. The number of benzene rings is 2. The summed E-state index contributed by atoms with van der Waals surface area (Å²) in [4.78, 5) is 13.0. The number of carbonyl (C=O) groups is 1. The third-order valence-corrected chi connectivity index (χ3v) is 7.87. The van der Waals surface area contributed by atoms with Crippen molar-refractivity contribution in [2.75, 3.05) is 19.0 Å². The molecular formula is C26H31ClFNO3. The van der Waals surface area contributed by atoms with Crippen molar-refractivity contribution >= 4 is 23.3 Å². The molecule has 1 spiro atoms. The normalized spacial score (nSPS) is 27.7. The molecule has 2 atom stereocenters. The maximum Gasteiger partial charge on any atom is 0.331 e. The summed E-state index contributed by atoms with van der Waals surface area (Å²) in [6, 6.07) is 12.5. The number of hydrogen-bond acceptors (Lipinski definition) is 4. The van der Waals surface area contributed by atoms with E-state index in [-0.39, 0.29) is 29.7 Å². The molecule has 0 unspecified atom stereocenters. The van der Waals surface area contributed by atoms with Gasteiger partial charge in [-0.2, -0.15) is 0 Å². The van der Waals surface area contributed by atoms with Gasteiger partial charge in [0, 0.05) is 17.3 Å². The van der Waals surface area contributed by atoms with E-state index in [4.69, 9.17) is 16.3 Å². The van der Waals surface area contributed by atoms with Crippen LogP contribution in [-0.2, 0) is 21.4 Å². The first-order chi connectivity index (χ1) is 15.3. The van der Waals surface area contributed by atoms with Crippen LogP contribution < -0.4 is 5.32 Å². The number of carbonyl (C=O) groups excluding carboxylic acids is 1. The number of aliphatic hydroxyl groups excluding tert-OH is 1. The van der Waals surface area contributed by atoms with Crippen molar-refractivity contribution in [3.8, 4) is 0 Å². The molecule has 172 valence electrons. The number of fused-ring (bicyclic) bond motifs is 2. The zero-order valence-electron chi connectivity index (χ0n) is 18.7. The lowest BCUT2D eigenvalue weighted by molar-refractivity contribution is -0.148. The summed E-state index contributed by atoms with van der Waals surface area (Å²) in [6.45, 7) is 2.19. The Morgan fingerprint density at radius 3 is 2.66 bits per heavy atom. The molecule has 32 heavy (non-hydrogen) atoms. The fourth-order valence-electron chi connectivity index (χ4n) is 5.99. The Morgan fingerprint density at radius 1 is 1.25 bits per heavy atom. The number of aliphatic hydroxyl groups is 1. The summed E-state index contributed by atoms with van der Waals surface area (Å²) in [5, 5.41) is 13.7. The molecule has 6 heteroatoms. The van der Waals surface area contributed by atoms with Gasteiger partial charge in [-0.25, -0.2) is 9.18 Å². The maximum atomic E-state index is 14.0. The lowest BCUT2D eigenvalue weighted by Crippen LogP contribution is -2.53. The number of hydrogen-bond donors (Lipinski definition) is 2. The molecule has 2 aliphatic carbocycles. The molecule has 1 saturated carbocycles. The van der Waals surface area contributed by atoms with E-state index >= 15 is 0 Å². The molecule has 2 aliphatic rings. The average molecular weight is 460 g/mol. The Kier molecular flexibility index (Phi) is 6.51. The second-order valence-electron chi connectivity index (χ2n) is 9.59. The van der Waals surface area contributed by atoms with E-state index in [2.05, 4.69) is 12.2 Å².